The molecule has 8 rings (SSSR count). The Morgan fingerprint density at radius 3 is 1.56 bits per heavy atom. The first-order valence-electron chi connectivity index (χ1n) is 15.0. The zero-order chi connectivity index (χ0) is 28.1. The molecule has 4 aromatic carbocycles. The minimum Gasteiger partial charge on any atom is -0.294 e. The first-order chi connectivity index (χ1) is 19.7. The van der Waals surface area contributed by atoms with E-state index in [1.807, 2.05) is 24.3 Å². The number of hydrogen-bond acceptors (Lipinski definition) is 2. The maximum Gasteiger partial charge on any atom is 0.171 e. The van der Waals surface area contributed by atoms with Gasteiger partial charge in [-0.15, -0.1) is 0 Å². The van der Waals surface area contributed by atoms with Crippen LogP contribution in [0, 0.1) is 17.8 Å². The Hall–Kier alpha value is -4.04. The molecule has 4 aliphatic rings. The van der Waals surface area contributed by atoms with Gasteiger partial charge in [0.25, 0.3) is 0 Å². The molecule has 202 valence electrons. The van der Waals surface area contributed by atoms with Crippen molar-refractivity contribution in [2.45, 2.75) is 57.8 Å². The second-order valence-electron chi connectivity index (χ2n) is 13.5. The molecule has 1 spiro atoms. The van der Waals surface area contributed by atoms with Crippen molar-refractivity contribution >= 4 is 11.6 Å². The van der Waals surface area contributed by atoms with E-state index in [4.69, 9.17) is 0 Å². The fourth-order valence-corrected chi connectivity index (χ4v) is 9.30. The number of hydrogen-bond donors (Lipinski definition) is 0. The molecule has 0 aliphatic heterocycles. The molecule has 0 heterocycles. The van der Waals surface area contributed by atoms with E-state index < -0.39 is 5.92 Å². The van der Waals surface area contributed by atoms with Crippen molar-refractivity contribution in [3.63, 3.8) is 0 Å². The van der Waals surface area contributed by atoms with Gasteiger partial charge >= 0.3 is 0 Å². The summed E-state index contributed by atoms with van der Waals surface area (Å²) in [6, 6.07) is 31.0. The van der Waals surface area contributed by atoms with E-state index in [1.54, 1.807) is 11.1 Å². The Kier molecular flexibility index (Phi) is 4.98. The van der Waals surface area contributed by atoms with Crippen LogP contribution in [0.25, 0.3) is 33.4 Å². The average Bonchev–Trinajstić information content (AvgIpc) is 3.63. The van der Waals surface area contributed by atoms with Crippen LogP contribution in [0.5, 0.6) is 0 Å². The molecule has 2 bridgehead atoms. The minimum absolute atomic E-state index is 0.0754. The summed E-state index contributed by atoms with van der Waals surface area (Å²) in [5, 5.41) is 0. The van der Waals surface area contributed by atoms with Crippen LogP contribution in [0.15, 0.2) is 97.1 Å². The zero-order valence-electron chi connectivity index (χ0n) is 24.0. The SMILES string of the molecule is Cc1ccc2c(c1)C1(c3cc(-c4ccc(-c5ccc(C6C(=O)C=CC6=O)cc5)cc4)ccc3-2)C2(C)CCC1(C)CC2. The molecular formula is C39H34O2. The number of carbonyl (C=O) groups is 2. The molecule has 0 unspecified atom stereocenters. The van der Waals surface area contributed by atoms with Crippen molar-refractivity contribution in [2.75, 3.05) is 0 Å². The van der Waals surface area contributed by atoms with Crippen molar-refractivity contribution in [1.82, 2.24) is 0 Å². The molecule has 4 aromatic rings. The van der Waals surface area contributed by atoms with E-state index in [0.717, 1.165) is 16.7 Å². The summed E-state index contributed by atoms with van der Waals surface area (Å²) in [7, 11) is 0. The molecule has 4 aliphatic carbocycles. The predicted octanol–water partition coefficient (Wildman–Crippen LogP) is 8.99. The van der Waals surface area contributed by atoms with Gasteiger partial charge in [-0.05, 0) is 112 Å². The number of benzene rings is 4. The number of ketones is 2. The average molecular weight is 535 g/mol. The van der Waals surface area contributed by atoms with Crippen LogP contribution < -0.4 is 0 Å². The largest absolute Gasteiger partial charge is 0.294 e. The number of carbonyl (C=O) groups excluding carboxylic acids is 2. The summed E-state index contributed by atoms with van der Waals surface area (Å²) in [5.74, 6) is -0.936. The van der Waals surface area contributed by atoms with Gasteiger partial charge in [0.05, 0.1) is 0 Å². The quantitative estimate of drug-likeness (QED) is 0.246. The fraction of sp³-hybridized carbons (Fsp3) is 0.282. The van der Waals surface area contributed by atoms with Gasteiger partial charge in [0.1, 0.15) is 5.92 Å². The van der Waals surface area contributed by atoms with E-state index in [-0.39, 0.29) is 27.8 Å². The topological polar surface area (TPSA) is 34.1 Å². The monoisotopic (exact) mass is 534 g/mol. The maximum absolute atomic E-state index is 12.1. The molecule has 2 heteroatoms. The lowest BCUT2D eigenvalue weighted by molar-refractivity contribution is -0.122. The predicted molar refractivity (Wildman–Crippen MR) is 165 cm³/mol. The molecular weight excluding hydrogens is 500 g/mol. The summed E-state index contributed by atoms with van der Waals surface area (Å²) in [4.78, 5) is 24.2. The smallest absolute Gasteiger partial charge is 0.171 e. The van der Waals surface area contributed by atoms with Gasteiger partial charge in [0, 0.05) is 5.41 Å². The molecule has 0 N–H and O–H groups in total. The molecule has 2 saturated carbocycles. The van der Waals surface area contributed by atoms with E-state index in [0.29, 0.717) is 0 Å². The van der Waals surface area contributed by atoms with Crippen molar-refractivity contribution in [1.29, 1.82) is 0 Å². The second-order valence-corrected chi connectivity index (χ2v) is 13.5. The zero-order valence-corrected chi connectivity index (χ0v) is 24.0. The first-order valence-corrected chi connectivity index (χ1v) is 15.0. The van der Waals surface area contributed by atoms with E-state index >= 15 is 0 Å². The van der Waals surface area contributed by atoms with Crippen molar-refractivity contribution in [3.05, 3.63) is 119 Å². The highest BCUT2D eigenvalue weighted by Gasteiger charge is 2.71. The van der Waals surface area contributed by atoms with Crippen LogP contribution >= 0.6 is 0 Å². The van der Waals surface area contributed by atoms with Gasteiger partial charge in [0.2, 0.25) is 0 Å². The summed E-state index contributed by atoms with van der Waals surface area (Å²) in [5.41, 5.74) is 13.4. The standard InChI is InChI=1S/C39H34O2/c1-24-4-14-30-31-15-13-29(23-33(31)39(32(30)22-24)37(2)18-20-38(39,3)21-19-37)27-7-5-25(6-8-27)26-9-11-28(12-10-26)36-34(40)16-17-35(36)41/h4-17,22-23,36H,18-21H2,1-3H3. The number of allylic oxidation sites excluding steroid dienone is 2. The van der Waals surface area contributed by atoms with Crippen LogP contribution in [-0.2, 0) is 15.0 Å². The number of rotatable bonds is 3. The van der Waals surface area contributed by atoms with Crippen molar-refractivity contribution < 1.29 is 9.59 Å². The van der Waals surface area contributed by atoms with Crippen LogP contribution in [0.2, 0.25) is 0 Å². The van der Waals surface area contributed by atoms with Crippen LogP contribution in [0.3, 0.4) is 0 Å². The lowest BCUT2D eigenvalue weighted by Gasteiger charge is -2.45. The third-order valence-corrected chi connectivity index (χ3v) is 11.3. The Morgan fingerprint density at radius 2 is 1.00 bits per heavy atom. The molecule has 41 heavy (non-hydrogen) atoms. The van der Waals surface area contributed by atoms with E-state index in [9.17, 15) is 9.59 Å². The summed E-state index contributed by atoms with van der Waals surface area (Å²) < 4.78 is 0. The Balaban J connectivity index is 1.17. The fourth-order valence-electron chi connectivity index (χ4n) is 9.30. The summed E-state index contributed by atoms with van der Waals surface area (Å²) >= 11 is 0. The second kappa shape index (κ2) is 8.26. The van der Waals surface area contributed by atoms with Gasteiger partial charge in [-0.1, -0.05) is 98.3 Å². The Labute approximate surface area is 242 Å². The normalized spacial score (nSPS) is 27.7. The van der Waals surface area contributed by atoms with E-state index in [1.165, 1.54) is 65.7 Å². The number of fused-ring (bicyclic) bond motifs is 3. The van der Waals surface area contributed by atoms with Crippen LogP contribution in [0.4, 0.5) is 0 Å². The minimum atomic E-state index is -0.677. The molecule has 0 aromatic heterocycles. The lowest BCUT2D eigenvalue weighted by atomic mass is 9.57. The van der Waals surface area contributed by atoms with Crippen LogP contribution in [-0.4, -0.2) is 11.6 Å². The molecule has 0 amide bonds. The van der Waals surface area contributed by atoms with E-state index in [2.05, 4.69) is 81.4 Å². The highest BCUT2D eigenvalue weighted by atomic mass is 16.2. The third kappa shape index (κ3) is 3.14. The van der Waals surface area contributed by atoms with Gasteiger partial charge < -0.3 is 0 Å². The Morgan fingerprint density at radius 1 is 0.561 bits per heavy atom. The molecule has 0 atom stereocenters. The van der Waals surface area contributed by atoms with Gasteiger partial charge in [-0.2, -0.15) is 0 Å². The van der Waals surface area contributed by atoms with Gasteiger partial charge in [-0.25, -0.2) is 0 Å². The summed E-state index contributed by atoms with van der Waals surface area (Å²) in [6.07, 6.45) is 7.97. The maximum atomic E-state index is 12.1. The lowest BCUT2D eigenvalue weighted by Crippen LogP contribution is -2.42. The van der Waals surface area contributed by atoms with Gasteiger partial charge in [-0.3, -0.25) is 9.59 Å². The highest BCUT2D eigenvalue weighted by Crippen LogP contribution is 2.78. The van der Waals surface area contributed by atoms with Crippen LogP contribution in [0.1, 0.15) is 67.7 Å². The first kappa shape index (κ1) is 24.7. The Bertz CT molecular complexity index is 1760. The van der Waals surface area contributed by atoms with Crippen molar-refractivity contribution in [3.8, 4) is 33.4 Å². The summed E-state index contributed by atoms with van der Waals surface area (Å²) in [6.45, 7) is 7.37. The third-order valence-electron chi connectivity index (χ3n) is 11.3. The number of aryl methyl sites for hydroxylation is 1. The molecule has 2 fully saturated rings. The molecule has 2 nitrogen and oxygen atoms in total. The highest BCUT2D eigenvalue weighted by molar-refractivity contribution is 6.22. The molecule has 0 saturated heterocycles. The van der Waals surface area contributed by atoms with Gasteiger partial charge in [0.15, 0.2) is 11.6 Å². The molecule has 0 radical (unpaired) electrons. The van der Waals surface area contributed by atoms with Crippen molar-refractivity contribution in [2.24, 2.45) is 10.8 Å².